The van der Waals surface area contributed by atoms with E-state index in [9.17, 15) is 28.0 Å². The van der Waals surface area contributed by atoms with Crippen molar-refractivity contribution in [1.29, 1.82) is 0 Å². The lowest BCUT2D eigenvalue weighted by Gasteiger charge is -2.27. The van der Waals surface area contributed by atoms with Crippen molar-refractivity contribution in [2.45, 2.75) is 90.8 Å². The molecule has 0 saturated heterocycles. The van der Waals surface area contributed by atoms with Crippen molar-refractivity contribution in [1.82, 2.24) is 16.0 Å². The van der Waals surface area contributed by atoms with E-state index >= 15 is 0 Å². The minimum Gasteiger partial charge on any atom is -0.459 e. The predicted molar refractivity (Wildman–Crippen MR) is 159 cm³/mol. The lowest BCUT2D eigenvalue weighted by Crippen LogP contribution is -2.57. The number of amides is 3. The molecule has 242 valence electrons. The summed E-state index contributed by atoms with van der Waals surface area (Å²) in [4.78, 5) is 52.2. The molecule has 0 bridgehead atoms. The Bertz CT molecular complexity index is 1190. The van der Waals surface area contributed by atoms with Crippen molar-refractivity contribution in [3.63, 3.8) is 0 Å². The molecule has 0 heterocycles. The van der Waals surface area contributed by atoms with E-state index in [2.05, 4.69) is 20.7 Å². The Morgan fingerprint density at radius 1 is 0.773 bits per heavy atom. The smallest absolute Gasteiger partial charge is 0.408 e. The van der Waals surface area contributed by atoms with Crippen molar-refractivity contribution >= 4 is 23.9 Å². The zero-order chi connectivity index (χ0) is 32.7. The normalized spacial score (nSPS) is 13.5. The van der Waals surface area contributed by atoms with Gasteiger partial charge in [0.1, 0.15) is 24.3 Å². The van der Waals surface area contributed by atoms with Crippen LogP contribution >= 0.6 is 0 Å². The minimum absolute atomic E-state index is 0.0894. The third-order valence-electron chi connectivity index (χ3n) is 6.13. The Balaban J connectivity index is 2.19. The fraction of sp³-hybridized carbons (Fsp3) is 0.500. The first-order valence-corrected chi connectivity index (χ1v) is 14.5. The molecule has 0 aliphatic heterocycles. The van der Waals surface area contributed by atoms with Crippen molar-refractivity contribution in [2.24, 2.45) is 5.92 Å². The number of halogens is 2. The number of ether oxygens (including phenoxy) is 3. The molecule has 0 radical (unpaired) electrons. The first-order chi connectivity index (χ1) is 20.7. The van der Waals surface area contributed by atoms with Crippen molar-refractivity contribution in [3.8, 4) is 0 Å². The number of alkyl carbamates (subject to hydrolysis) is 1. The highest BCUT2D eigenvalue weighted by Gasteiger charge is 2.32. The monoisotopic (exact) mass is 619 g/mol. The van der Waals surface area contributed by atoms with E-state index in [4.69, 9.17) is 9.47 Å². The molecule has 10 nitrogen and oxygen atoms in total. The number of hydrogen-bond acceptors (Lipinski definition) is 7. The van der Waals surface area contributed by atoms with Gasteiger partial charge in [0, 0.05) is 0 Å². The number of hydrogen-bond donors (Lipinski definition) is 3. The van der Waals surface area contributed by atoms with Gasteiger partial charge in [-0.25, -0.2) is 9.59 Å². The van der Waals surface area contributed by atoms with E-state index in [0.717, 1.165) is 5.56 Å². The number of carbonyl (C=O) groups is 4. The Kier molecular flexibility index (Phi) is 14.7. The molecule has 44 heavy (non-hydrogen) atoms. The Labute approximate surface area is 257 Å². The molecule has 0 fully saturated rings. The molecule has 2 aromatic carbocycles. The standard InChI is InChI=1S/C32H43F2N3O7/c1-21(2)18-25(28(39)36-26(20-43-30(33)34)29(40)42-19-23-14-10-7-11-15-23)35-27(38)24(37-31(41)44-32(3,4)5)17-16-22-12-8-6-9-13-22/h6-15,21,24-26,30H,16-20H2,1-5H3,(H,35,38)(H,36,39)(H,37,41)/t24-,25-,26-/m0/s1. The van der Waals surface area contributed by atoms with Gasteiger partial charge in [-0.05, 0) is 57.1 Å². The van der Waals surface area contributed by atoms with E-state index < -0.39 is 60.8 Å². The van der Waals surface area contributed by atoms with Gasteiger partial charge >= 0.3 is 18.7 Å². The SMILES string of the molecule is CC(C)C[C@H](NC(=O)[C@H](CCc1ccccc1)NC(=O)OC(C)(C)C)C(=O)N[C@@H](COC(F)F)C(=O)OCc1ccccc1. The van der Waals surface area contributed by atoms with Crippen molar-refractivity contribution in [2.75, 3.05) is 6.61 Å². The van der Waals surface area contributed by atoms with Gasteiger partial charge in [0.25, 0.3) is 0 Å². The lowest BCUT2D eigenvalue weighted by atomic mass is 10.0. The van der Waals surface area contributed by atoms with Crippen LogP contribution in [0.15, 0.2) is 60.7 Å². The summed E-state index contributed by atoms with van der Waals surface area (Å²) in [5.41, 5.74) is 0.781. The second kappa shape index (κ2) is 17.9. The zero-order valence-electron chi connectivity index (χ0n) is 25.8. The van der Waals surface area contributed by atoms with E-state index in [1.807, 2.05) is 44.2 Å². The molecule has 3 amide bonds. The molecule has 12 heteroatoms. The molecule has 0 unspecified atom stereocenters. The van der Waals surface area contributed by atoms with Crippen LogP contribution in [0.5, 0.6) is 0 Å². The van der Waals surface area contributed by atoms with E-state index in [1.54, 1.807) is 51.1 Å². The first-order valence-electron chi connectivity index (χ1n) is 14.5. The molecule has 0 aliphatic carbocycles. The largest absolute Gasteiger partial charge is 0.459 e. The fourth-order valence-corrected chi connectivity index (χ4v) is 4.09. The van der Waals surface area contributed by atoms with Crippen LogP contribution in [-0.2, 0) is 41.6 Å². The van der Waals surface area contributed by atoms with Crippen LogP contribution in [0, 0.1) is 5.92 Å². The van der Waals surface area contributed by atoms with Gasteiger partial charge in [0.2, 0.25) is 11.8 Å². The van der Waals surface area contributed by atoms with E-state index in [-0.39, 0.29) is 25.4 Å². The molecular weight excluding hydrogens is 576 g/mol. The van der Waals surface area contributed by atoms with Gasteiger partial charge in [-0.3, -0.25) is 9.59 Å². The first kappa shape index (κ1) is 36.1. The quantitative estimate of drug-likeness (QED) is 0.236. The lowest BCUT2D eigenvalue weighted by molar-refractivity contribution is -0.161. The minimum atomic E-state index is -3.19. The van der Waals surface area contributed by atoms with Gasteiger partial charge < -0.3 is 30.2 Å². The summed E-state index contributed by atoms with van der Waals surface area (Å²) in [5, 5.41) is 7.63. The topological polar surface area (TPSA) is 132 Å². The Hall–Kier alpha value is -4.06. The third-order valence-corrected chi connectivity index (χ3v) is 6.13. The third kappa shape index (κ3) is 14.4. The number of alkyl halides is 2. The average Bonchev–Trinajstić information content (AvgIpc) is 2.95. The number of benzene rings is 2. The summed E-state index contributed by atoms with van der Waals surface area (Å²) in [7, 11) is 0. The van der Waals surface area contributed by atoms with Gasteiger partial charge in [-0.2, -0.15) is 8.78 Å². The molecule has 0 saturated carbocycles. The Morgan fingerprint density at radius 2 is 1.32 bits per heavy atom. The molecule has 2 aromatic rings. The predicted octanol–water partition coefficient (Wildman–Crippen LogP) is 4.51. The molecule has 2 rings (SSSR count). The number of nitrogens with one attached hydrogen (secondary N) is 3. The van der Waals surface area contributed by atoms with Crippen LogP contribution in [0.1, 0.15) is 58.6 Å². The number of carbonyl (C=O) groups excluding carboxylic acids is 4. The molecule has 3 atom stereocenters. The molecule has 0 spiro atoms. The summed E-state index contributed by atoms with van der Waals surface area (Å²) in [5.74, 6) is -2.52. The maximum absolute atomic E-state index is 13.5. The molecule has 0 aromatic heterocycles. The summed E-state index contributed by atoms with van der Waals surface area (Å²) in [6.07, 6.45) is -0.0182. The van der Waals surface area contributed by atoms with Crippen LogP contribution in [-0.4, -0.2) is 60.8 Å². The highest BCUT2D eigenvalue weighted by atomic mass is 19.3. The number of rotatable bonds is 16. The van der Waals surface area contributed by atoms with Gasteiger partial charge in [-0.15, -0.1) is 0 Å². The Morgan fingerprint density at radius 3 is 1.86 bits per heavy atom. The molecule has 3 N–H and O–H groups in total. The highest BCUT2D eigenvalue weighted by molar-refractivity contribution is 5.93. The van der Waals surface area contributed by atoms with Gasteiger partial charge in [-0.1, -0.05) is 74.5 Å². The number of esters is 1. The van der Waals surface area contributed by atoms with E-state index in [1.165, 1.54) is 0 Å². The van der Waals surface area contributed by atoms with Gasteiger partial charge in [0.15, 0.2) is 6.04 Å². The maximum Gasteiger partial charge on any atom is 0.408 e. The van der Waals surface area contributed by atoms with Crippen LogP contribution in [0.25, 0.3) is 0 Å². The van der Waals surface area contributed by atoms with Crippen molar-refractivity contribution in [3.05, 3.63) is 71.8 Å². The van der Waals surface area contributed by atoms with Crippen molar-refractivity contribution < 1.29 is 42.2 Å². The van der Waals surface area contributed by atoms with Gasteiger partial charge in [0.05, 0.1) is 6.61 Å². The van der Waals surface area contributed by atoms with Crippen LogP contribution < -0.4 is 16.0 Å². The molecule has 0 aliphatic rings. The summed E-state index contributed by atoms with van der Waals surface area (Å²) in [6.45, 7) is 4.53. The van der Waals surface area contributed by atoms with Crippen LogP contribution in [0.4, 0.5) is 13.6 Å². The summed E-state index contributed by atoms with van der Waals surface area (Å²) >= 11 is 0. The zero-order valence-corrected chi connectivity index (χ0v) is 25.8. The maximum atomic E-state index is 13.5. The summed E-state index contributed by atoms with van der Waals surface area (Å²) < 4.78 is 40.6. The average molecular weight is 620 g/mol. The fourth-order valence-electron chi connectivity index (χ4n) is 4.09. The highest BCUT2D eigenvalue weighted by Crippen LogP contribution is 2.12. The second-order valence-electron chi connectivity index (χ2n) is 11.7. The second-order valence-corrected chi connectivity index (χ2v) is 11.7. The summed E-state index contributed by atoms with van der Waals surface area (Å²) in [6, 6.07) is 14.2. The molecular formula is C32H43F2N3O7. The number of aryl methyl sites for hydroxylation is 1. The van der Waals surface area contributed by atoms with E-state index in [0.29, 0.717) is 12.0 Å². The van der Waals surface area contributed by atoms with Crippen LogP contribution in [0.3, 0.4) is 0 Å². The van der Waals surface area contributed by atoms with Crippen LogP contribution in [0.2, 0.25) is 0 Å².